The van der Waals surface area contributed by atoms with Gasteiger partial charge >= 0.3 is 0 Å². The zero-order valence-corrected chi connectivity index (χ0v) is 19.1. The van der Waals surface area contributed by atoms with Gasteiger partial charge in [-0.05, 0) is 56.5 Å². The van der Waals surface area contributed by atoms with Crippen molar-refractivity contribution in [1.82, 2.24) is 20.4 Å². The first-order chi connectivity index (χ1) is 15.0. The standard InChI is InChI=1S/C25H33N5O/c1-18(2)31-17-22-10-8-9-21(14-22)15-27-25(26-5)28-16-23-11-6-7-12-24(23)30-20(4)13-19(3)29-30/h6-14,18H,15-17H2,1-5H3,(H2,26,27,28). The van der Waals surface area contributed by atoms with Crippen LogP contribution in [0.4, 0.5) is 0 Å². The average Bonchev–Trinajstić information content (AvgIpc) is 3.10. The van der Waals surface area contributed by atoms with E-state index < -0.39 is 0 Å². The summed E-state index contributed by atoms with van der Waals surface area (Å²) in [6, 6.07) is 18.8. The molecule has 0 saturated heterocycles. The molecule has 2 N–H and O–H groups in total. The van der Waals surface area contributed by atoms with Gasteiger partial charge in [0.05, 0.1) is 24.1 Å². The van der Waals surface area contributed by atoms with Crippen LogP contribution in [0.1, 0.15) is 41.9 Å². The first kappa shape index (κ1) is 22.6. The van der Waals surface area contributed by atoms with Crippen LogP contribution < -0.4 is 10.6 Å². The molecule has 0 aliphatic rings. The van der Waals surface area contributed by atoms with E-state index in [1.54, 1.807) is 7.05 Å². The highest BCUT2D eigenvalue weighted by molar-refractivity contribution is 5.79. The number of hydrogen-bond acceptors (Lipinski definition) is 3. The summed E-state index contributed by atoms with van der Waals surface area (Å²) in [4.78, 5) is 4.37. The molecular formula is C25H33N5O. The average molecular weight is 420 g/mol. The van der Waals surface area contributed by atoms with E-state index in [2.05, 4.69) is 70.1 Å². The first-order valence-electron chi connectivity index (χ1n) is 10.7. The van der Waals surface area contributed by atoms with Crippen molar-refractivity contribution in [2.75, 3.05) is 7.05 Å². The smallest absolute Gasteiger partial charge is 0.191 e. The van der Waals surface area contributed by atoms with Gasteiger partial charge in [0.25, 0.3) is 0 Å². The third-order valence-electron chi connectivity index (χ3n) is 4.93. The highest BCUT2D eigenvalue weighted by Crippen LogP contribution is 2.17. The van der Waals surface area contributed by atoms with Crippen LogP contribution >= 0.6 is 0 Å². The topological polar surface area (TPSA) is 63.5 Å². The lowest BCUT2D eigenvalue weighted by atomic mass is 10.1. The number of nitrogens with one attached hydrogen (secondary N) is 2. The number of nitrogens with zero attached hydrogens (tertiary/aromatic N) is 3. The van der Waals surface area contributed by atoms with E-state index in [0.717, 1.165) is 28.6 Å². The summed E-state index contributed by atoms with van der Waals surface area (Å²) in [6.45, 7) is 10.2. The van der Waals surface area contributed by atoms with Crippen LogP contribution in [0.3, 0.4) is 0 Å². The molecule has 0 aliphatic heterocycles. The van der Waals surface area contributed by atoms with Gasteiger partial charge in [-0.1, -0.05) is 42.5 Å². The third kappa shape index (κ3) is 6.43. The Bertz CT molecular complexity index is 1020. The molecule has 0 spiro atoms. The molecule has 0 aliphatic carbocycles. The zero-order chi connectivity index (χ0) is 22.2. The summed E-state index contributed by atoms with van der Waals surface area (Å²) in [5.74, 6) is 0.756. The van der Waals surface area contributed by atoms with Gasteiger partial charge < -0.3 is 15.4 Å². The van der Waals surface area contributed by atoms with Crippen molar-refractivity contribution in [3.05, 3.63) is 82.7 Å². The molecule has 6 nitrogen and oxygen atoms in total. The van der Waals surface area contributed by atoms with E-state index in [1.165, 1.54) is 11.1 Å². The predicted molar refractivity (Wildman–Crippen MR) is 126 cm³/mol. The van der Waals surface area contributed by atoms with Gasteiger partial charge in [-0.3, -0.25) is 4.99 Å². The van der Waals surface area contributed by atoms with E-state index in [-0.39, 0.29) is 6.10 Å². The van der Waals surface area contributed by atoms with Crippen molar-refractivity contribution in [2.24, 2.45) is 4.99 Å². The van der Waals surface area contributed by atoms with Gasteiger partial charge in [0, 0.05) is 25.8 Å². The molecular weight excluding hydrogens is 386 g/mol. The summed E-state index contributed by atoms with van der Waals surface area (Å²) < 4.78 is 7.70. The number of aliphatic imine (C=N–C) groups is 1. The van der Waals surface area contributed by atoms with E-state index in [4.69, 9.17) is 4.74 Å². The molecule has 0 radical (unpaired) electrons. The monoisotopic (exact) mass is 419 g/mol. The summed E-state index contributed by atoms with van der Waals surface area (Å²) in [6.07, 6.45) is 0.224. The van der Waals surface area contributed by atoms with Crippen molar-refractivity contribution in [3.8, 4) is 5.69 Å². The van der Waals surface area contributed by atoms with Crippen molar-refractivity contribution >= 4 is 5.96 Å². The summed E-state index contributed by atoms with van der Waals surface area (Å²) in [5.41, 5.74) is 6.73. The Morgan fingerprint density at radius 3 is 2.45 bits per heavy atom. The summed E-state index contributed by atoms with van der Waals surface area (Å²) in [7, 11) is 1.79. The van der Waals surface area contributed by atoms with Crippen LogP contribution in [-0.2, 0) is 24.4 Å². The number of aryl methyl sites for hydroxylation is 2. The SMILES string of the molecule is CN=C(NCc1cccc(COC(C)C)c1)NCc1ccccc1-n1nc(C)cc1C. The van der Waals surface area contributed by atoms with Crippen molar-refractivity contribution < 1.29 is 4.74 Å². The Kier molecular flexibility index (Phi) is 7.84. The molecule has 3 rings (SSSR count). The molecule has 0 amide bonds. The maximum atomic E-state index is 5.71. The molecule has 164 valence electrons. The van der Waals surface area contributed by atoms with Gasteiger partial charge in [0.15, 0.2) is 5.96 Å². The van der Waals surface area contributed by atoms with E-state index >= 15 is 0 Å². The summed E-state index contributed by atoms with van der Waals surface area (Å²) in [5, 5.41) is 11.4. The van der Waals surface area contributed by atoms with Crippen molar-refractivity contribution in [2.45, 2.75) is 53.5 Å². The Morgan fingerprint density at radius 2 is 1.74 bits per heavy atom. The fraction of sp³-hybridized carbons (Fsp3) is 0.360. The number of aromatic nitrogens is 2. The number of hydrogen-bond donors (Lipinski definition) is 2. The Hall–Kier alpha value is -3.12. The van der Waals surface area contributed by atoms with Crippen molar-refractivity contribution in [3.63, 3.8) is 0 Å². The number of benzene rings is 2. The van der Waals surface area contributed by atoms with Gasteiger partial charge in [-0.2, -0.15) is 5.10 Å². The van der Waals surface area contributed by atoms with Gasteiger partial charge in [0.2, 0.25) is 0 Å². The molecule has 0 fully saturated rings. The highest BCUT2D eigenvalue weighted by Gasteiger charge is 2.09. The zero-order valence-electron chi connectivity index (χ0n) is 19.1. The first-order valence-corrected chi connectivity index (χ1v) is 10.7. The van der Waals surface area contributed by atoms with Gasteiger partial charge in [-0.25, -0.2) is 4.68 Å². The van der Waals surface area contributed by atoms with Gasteiger partial charge in [-0.15, -0.1) is 0 Å². The maximum Gasteiger partial charge on any atom is 0.191 e. The Labute approximate surface area is 185 Å². The van der Waals surface area contributed by atoms with Crippen LogP contribution in [0.2, 0.25) is 0 Å². The molecule has 31 heavy (non-hydrogen) atoms. The van der Waals surface area contributed by atoms with Crippen LogP contribution in [0.5, 0.6) is 0 Å². The molecule has 1 heterocycles. The number of ether oxygens (including phenoxy) is 1. The van der Waals surface area contributed by atoms with E-state index in [1.807, 2.05) is 37.6 Å². The van der Waals surface area contributed by atoms with Crippen LogP contribution in [-0.4, -0.2) is 28.9 Å². The fourth-order valence-corrected chi connectivity index (χ4v) is 3.42. The van der Waals surface area contributed by atoms with Crippen LogP contribution in [0.25, 0.3) is 5.69 Å². The van der Waals surface area contributed by atoms with E-state index in [9.17, 15) is 0 Å². The molecule has 0 bridgehead atoms. The summed E-state index contributed by atoms with van der Waals surface area (Å²) >= 11 is 0. The molecule has 6 heteroatoms. The lowest BCUT2D eigenvalue weighted by molar-refractivity contribution is 0.0657. The second-order valence-electron chi connectivity index (χ2n) is 7.93. The lowest BCUT2D eigenvalue weighted by Gasteiger charge is -2.15. The second-order valence-corrected chi connectivity index (χ2v) is 7.93. The molecule has 2 aromatic carbocycles. The molecule has 3 aromatic rings. The number of para-hydroxylation sites is 1. The Balaban J connectivity index is 1.61. The molecule has 1 aromatic heterocycles. The van der Waals surface area contributed by atoms with Crippen molar-refractivity contribution in [1.29, 1.82) is 0 Å². The van der Waals surface area contributed by atoms with E-state index in [0.29, 0.717) is 19.7 Å². The largest absolute Gasteiger partial charge is 0.374 e. The van der Waals surface area contributed by atoms with Crippen LogP contribution in [0.15, 0.2) is 59.6 Å². The number of rotatable bonds is 8. The minimum absolute atomic E-state index is 0.224. The third-order valence-corrected chi connectivity index (χ3v) is 4.93. The normalized spacial score (nSPS) is 11.7. The quantitative estimate of drug-likeness (QED) is 0.423. The molecule has 0 unspecified atom stereocenters. The molecule has 0 saturated carbocycles. The lowest BCUT2D eigenvalue weighted by Crippen LogP contribution is -2.36. The highest BCUT2D eigenvalue weighted by atomic mass is 16.5. The fourth-order valence-electron chi connectivity index (χ4n) is 3.42. The van der Waals surface area contributed by atoms with Gasteiger partial charge in [0.1, 0.15) is 0 Å². The maximum absolute atomic E-state index is 5.71. The minimum atomic E-state index is 0.224. The number of guanidine groups is 1. The van der Waals surface area contributed by atoms with Crippen LogP contribution in [0, 0.1) is 13.8 Å². The minimum Gasteiger partial charge on any atom is -0.374 e. The Morgan fingerprint density at radius 1 is 1.00 bits per heavy atom. The second kappa shape index (κ2) is 10.8. The molecule has 0 atom stereocenters. The predicted octanol–water partition coefficient (Wildman–Crippen LogP) is 4.28.